The van der Waals surface area contributed by atoms with Crippen LogP contribution < -0.4 is 9.47 Å². The fourth-order valence-electron chi connectivity index (χ4n) is 1.41. The number of hydrogen-bond donors (Lipinski definition) is 0. The van der Waals surface area contributed by atoms with E-state index in [1.807, 2.05) is 12.1 Å². The number of methoxy groups -OCH3 is 2. The van der Waals surface area contributed by atoms with Crippen LogP contribution in [0, 0.1) is 0 Å². The molecule has 15 heavy (non-hydrogen) atoms. The van der Waals surface area contributed by atoms with Gasteiger partial charge in [-0.1, -0.05) is 0 Å². The van der Waals surface area contributed by atoms with Crippen LogP contribution in [0.4, 0.5) is 0 Å². The fourth-order valence-corrected chi connectivity index (χ4v) is 1.94. The Morgan fingerprint density at radius 1 is 1.33 bits per heavy atom. The number of halogens is 1. The van der Waals surface area contributed by atoms with Gasteiger partial charge in [-0.05, 0) is 35.0 Å². The molecule has 0 saturated heterocycles. The van der Waals surface area contributed by atoms with Crippen molar-refractivity contribution in [3.05, 3.63) is 22.2 Å². The van der Waals surface area contributed by atoms with Gasteiger partial charge in [0.05, 0.1) is 18.7 Å². The Hall–Kier alpha value is -1.03. The van der Waals surface area contributed by atoms with Gasteiger partial charge in [0.15, 0.2) is 0 Å². The number of hydrogen-bond acceptors (Lipinski definition) is 3. The first kappa shape index (κ1) is 12.0. The molecule has 3 nitrogen and oxygen atoms in total. The van der Waals surface area contributed by atoms with Crippen molar-refractivity contribution in [2.45, 2.75) is 13.3 Å². The summed E-state index contributed by atoms with van der Waals surface area (Å²) in [5, 5.41) is 0. The predicted molar refractivity (Wildman–Crippen MR) is 61.6 cm³/mol. The number of benzene rings is 1. The van der Waals surface area contributed by atoms with Crippen LogP contribution in [0.5, 0.6) is 11.5 Å². The lowest BCUT2D eigenvalue weighted by molar-refractivity contribution is -0.116. The minimum absolute atomic E-state index is 0.0738. The maximum Gasteiger partial charge on any atom is 0.140 e. The van der Waals surface area contributed by atoms with Gasteiger partial charge in [-0.3, -0.25) is 4.79 Å². The molecule has 0 aliphatic heterocycles. The normalized spacial score (nSPS) is 9.87. The second-order valence-electron chi connectivity index (χ2n) is 3.14. The van der Waals surface area contributed by atoms with Crippen molar-refractivity contribution in [1.82, 2.24) is 0 Å². The monoisotopic (exact) mass is 272 g/mol. The zero-order valence-electron chi connectivity index (χ0n) is 8.96. The van der Waals surface area contributed by atoms with E-state index in [4.69, 9.17) is 9.47 Å². The van der Waals surface area contributed by atoms with Crippen molar-refractivity contribution < 1.29 is 14.3 Å². The summed E-state index contributed by atoms with van der Waals surface area (Å²) >= 11 is 3.37. The van der Waals surface area contributed by atoms with Crippen LogP contribution in [0.3, 0.4) is 0 Å². The van der Waals surface area contributed by atoms with E-state index >= 15 is 0 Å². The van der Waals surface area contributed by atoms with Crippen molar-refractivity contribution in [1.29, 1.82) is 0 Å². The van der Waals surface area contributed by atoms with Crippen LogP contribution in [0.1, 0.15) is 12.5 Å². The molecule has 82 valence electrons. The van der Waals surface area contributed by atoms with E-state index in [-0.39, 0.29) is 5.78 Å². The first-order valence-corrected chi connectivity index (χ1v) is 5.28. The second-order valence-corrected chi connectivity index (χ2v) is 3.99. The highest BCUT2D eigenvalue weighted by molar-refractivity contribution is 9.10. The van der Waals surface area contributed by atoms with Crippen LogP contribution in [0.25, 0.3) is 0 Å². The van der Waals surface area contributed by atoms with Gasteiger partial charge in [-0.15, -0.1) is 0 Å². The lowest BCUT2D eigenvalue weighted by Gasteiger charge is -2.13. The highest BCUT2D eigenvalue weighted by Crippen LogP contribution is 2.35. The lowest BCUT2D eigenvalue weighted by atomic mass is 10.1. The number of carbonyl (C=O) groups excluding carboxylic acids is 1. The molecule has 4 heteroatoms. The molecule has 0 aliphatic carbocycles. The molecule has 0 amide bonds. The molecular formula is C11H13BrO3. The largest absolute Gasteiger partial charge is 0.496 e. The van der Waals surface area contributed by atoms with Crippen molar-refractivity contribution >= 4 is 21.7 Å². The minimum atomic E-state index is 0.0738. The van der Waals surface area contributed by atoms with Crippen LogP contribution in [0.2, 0.25) is 0 Å². The molecule has 0 bridgehead atoms. The van der Waals surface area contributed by atoms with E-state index in [9.17, 15) is 4.79 Å². The SMILES string of the molecule is COc1ccc(Br)c(OC)c1CC(C)=O. The number of Topliss-reactive ketones (excluding diaryl/α,β-unsaturated/α-hetero) is 1. The summed E-state index contributed by atoms with van der Waals surface area (Å²) < 4.78 is 11.3. The van der Waals surface area contributed by atoms with Gasteiger partial charge < -0.3 is 9.47 Å². The standard InChI is InChI=1S/C11H13BrO3/c1-7(13)6-8-10(14-2)5-4-9(12)11(8)15-3/h4-5H,6H2,1-3H3. The molecule has 0 atom stereocenters. The van der Waals surface area contributed by atoms with Crippen molar-refractivity contribution in [3.8, 4) is 11.5 Å². The molecule has 1 aromatic rings. The van der Waals surface area contributed by atoms with E-state index in [1.54, 1.807) is 21.1 Å². The van der Waals surface area contributed by atoms with Crippen molar-refractivity contribution in [2.24, 2.45) is 0 Å². The molecular weight excluding hydrogens is 260 g/mol. The summed E-state index contributed by atoms with van der Waals surface area (Å²) in [4.78, 5) is 11.1. The van der Waals surface area contributed by atoms with E-state index in [2.05, 4.69) is 15.9 Å². The summed E-state index contributed by atoms with van der Waals surface area (Å²) in [6.07, 6.45) is 0.311. The van der Waals surface area contributed by atoms with Gasteiger partial charge in [-0.2, -0.15) is 0 Å². The third kappa shape index (κ3) is 2.72. The lowest BCUT2D eigenvalue weighted by Crippen LogP contribution is -2.03. The number of ether oxygens (including phenoxy) is 2. The highest BCUT2D eigenvalue weighted by Gasteiger charge is 2.14. The molecule has 0 spiro atoms. The van der Waals surface area contributed by atoms with Crippen LogP contribution >= 0.6 is 15.9 Å². The summed E-state index contributed by atoms with van der Waals surface area (Å²) in [5.74, 6) is 1.40. The minimum Gasteiger partial charge on any atom is -0.496 e. The summed E-state index contributed by atoms with van der Waals surface area (Å²) in [6, 6.07) is 3.65. The van der Waals surface area contributed by atoms with Crippen LogP contribution in [-0.2, 0) is 11.2 Å². The molecule has 0 radical (unpaired) electrons. The fraction of sp³-hybridized carbons (Fsp3) is 0.364. The van der Waals surface area contributed by atoms with Crippen LogP contribution in [0.15, 0.2) is 16.6 Å². The number of ketones is 1. The average Bonchev–Trinajstić information content (AvgIpc) is 2.18. The maximum atomic E-state index is 11.1. The quantitative estimate of drug-likeness (QED) is 0.845. The van der Waals surface area contributed by atoms with E-state index in [0.29, 0.717) is 17.9 Å². The molecule has 0 N–H and O–H groups in total. The van der Waals surface area contributed by atoms with Gasteiger partial charge in [0, 0.05) is 12.0 Å². The Labute approximate surface area is 97.5 Å². The van der Waals surface area contributed by atoms with E-state index < -0.39 is 0 Å². The molecule has 0 aliphatic rings. The Bertz CT molecular complexity index is 374. The summed E-state index contributed by atoms with van der Waals surface area (Å²) in [6.45, 7) is 1.54. The smallest absolute Gasteiger partial charge is 0.140 e. The Morgan fingerprint density at radius 3 is 2.47 bits per heavy atom. The summed E-state index contributed by atoms with van der Waals surface area (Å²) in [7, 11) is 3.15. The Kier molecular flexibility index (Phi) is 4.15. The second kappa shape index (κ2) is 5.16. The first-order valence-electron chi connectivity index (χ1n) is 4.49. The molecule has 0 saturated carbocycles. The van der Waals surface area contributed by atoms with Crippen LogP contribution in [-0.4, -0.2) is 20.0 Å². The van der Waals surface area contributed by atoms with Crippen molar-refractivity contribution in [2.75, 3.05) is 14.2 Å². The first-order chi connectivity index (χ1) is 7.10. The topological polar surface area (TPSA) is 35.5 Å². The summed E-state index contributed by atoms with van der Waals surface area (Å²) in [5.41, 5.74) is 0.780. The van der Waals surface area contributed by atoms with Gasteiger partial charge in [0.1, 0.15) is 17.3 Å². The molecule has 0 fully saturated rings. The zero-order chi connectivity index (χ0) is 11.4. The van der Waals surface area contributed by atoms with Gasteiger partial charge >= 0.3 is 0 Å². The average molecular weight is 273 g/mol. The van der Waals surface area contributed by atoms with Crippen molar-refractivity contribution in [3.63, 3.8) is 0 Å². The molecule has 1 aromatic carbocycles. The molecule has 0 unspecified atom stereocenters. The Balaban J connectivity index is 3.26. The van der Waals surface area contributed by atoms with Gasteiger partial charge in [-0.25, -0.2) is 0 Å². The molecule has 0 heterocycles. The molecule has 0 aromatic heterocycles. The van der Waals surface area contributed by atoms with Gasteiger partial charge in [0.25, 0.3) is 0 Å². The third-order valence-corrected chi connectivity index (χ3v) is 2.64. The number of rotatable bonds is 4. The Morgan fingerprint density at radius 2 is 2.00 bits per heavy atom. The third-order valence-electron chi connectivity index (χ3n) is 2.02. The van der Waals surface area contributed by atoms with E-state index in [1.165, 1.54) is 0 Å². The molecule has 1 rings (SSSR count). The zero-order valence-corrected chi connectivity index (χ0v) is 10.6. The predicted octanol–water partition coefficient (Wildman–Crippen LogP) is 2.60. The van der Waals surface area contributed by atoms with Gasteiger partial charge in [0.2, 0.25) is 0 Å². The highest BCUT2D eigenvalue weighted by atomic mass is 79.9. The maximum absolute atomic E-state index is 11.1. The number of carbonyl (C=O) groups is 1. The van der Waals surface area contributed by atoms with E-state index in [0.717, 1.165) is 10.0 Å².